The molecule has 22 heavy (non-hydrogen) atoms. The van der Waals surface area contributed by atoms with Crippen molar-refractivity contribution in [2.24, 2.45) is 0 Å². The Labute approximate surface area is 128 Å². The van der Waals surface area contributed by atoms with Crippen molar-refractivity contribution in [3.05, 3.63) is 48.0 Å². The first-order valence-electron chi connectivity index (χ1n) is 7.47. The van der Waals surface area contributed by atoms with Gasteiger partial charge in [0.15, 0.2) is 5.78 Å². The molecule has 1 amide bonds. The number of ether oxygens (including phenoxy) is 2. The number of benzene rings is 1. The Morgan fingerprint density at radius 1 is 1.23 bits per heavy atom. The molecule has 0 N–H and O–H groups in total. The second kappa shape index (κ2) is 4.68. The standard InChI is InChI=1S/C17H17NO4/c1-17-8-7-14(22-17)15(13(19)9-17)18-12(10-21-16(18)20)11-5-3-2-4-6-11/h2-8,12,14-15H,9-10H2,1H3/t12-,14-,15?,17+/m0/s1. The van der Waals surface area contributed by atoms with E-state index in [9.17, 15) is 9.59 Å². The second-order valence-electron chi connectivity index (χ2n) is 6.25. The summed E-state index contributed by atoms with van der Waals surface area (Å²) in [5, 5.41) is 0. The van der Waals surface area contributed by atoms with Crippen LogP contribution in [0.15, 0.2) is 42.5 Å². The van der Waals surface area contributed by atoms with Gasteiger partial charge in [-0.2, -0.15) is 0 Å². The number of hydrogen-bond donors (Lipinski definition) is 0. The molecular formula is C17H17NO4. The summed E-state index contributed by atoms with van der Waals surface area (Å²) in [7, 11) is 0. The van der Waals surface area contributed by atoms with Crippen molar-refractivity contribution in [2.45, 2.75) is 37.1 Å². The average Bonchev–Trinajstić information content (AvgIpc) is 3.02. The molecule has 4 rings (SSSR count). The Balaban J connectivity index is 1.69. The molecule has 1 aromatic carbocycles. The van der Waals surface area contributed by atoms with Crippen LogP contribution in [-0.4, -0.2) is 41.1 Å². The van der Waals surface area contributed by atoms with Crippen molar-refractivity contribution in [3.8, 4) is 0 Å². The van der Waals surface area contributed by atoms with E-state index in [1.807, 2.05) is 49.4 Å². The van der Waals surface area contributed by atoms with Crippen LogP contribution >= 0.6 is 0 Å². The first-order chi connectivity index (χ1) is 10.6. The molecule has 5 nitrogen and oxygen atoms in total. The number of rotatable bonds is 2. The van der Waals surface area contributed by atoms with E-state index >= 15 is 0 Å². The highest BCUT2D eigenvalue weighted by Gasteiger charge is 2.52. The maximum Gasteiger partial charge on any atom is 0.411 e. The van der Waals surface area contributed by atoms with Crippen molar-refractivity contribution >= 4 is 11.9 Å². The molecule has 0 saturated carbocycles. The number of carbonyl (C=O) groups is 2. The lowest BCUT2D eigenvalue weighted by atomic mass is 9.92. The summed E-state index contributed by atoms with van der Waals surface area (Å²) in [5.74, 6) is 0.0310. The predicted molar refractivity (Wildman–Crippen MR) is 78.2 cm³/mol. The number of cyclic esters (lactones) is 1. The molecule has 2 bridgehead atoms. The molecule has 2 saturated heterocycles. The van der Waals surface area contributed by atoms with E-state index in [2.05, 4.69) is 0 Å². The van der Waals surface area contributed by atoms with E-state index < -0.39 is 17.7 Å². The number of Topliss-reactive ketones (excluding diaryl/α,β-unsaturated/α-hetero) is 1. The number of fused-ring (bicyclic) bond motifs is 2. The monoisotopic (exact) mass is 299 g/mol. The summed E-state index contributed by atoms with van der Waals surface area (Å²) in [6.07, 6.45) is 3.27. The molecule has 0 spiro atoms. The number of carbonyl (C=O) groups excluding carboxylic acids is 2. The number of amides is 1. The van der Waals surface area contributed by atoms with Crippen LogP contribution in [0.2, 0.25) is 0 Å². The fourth-order valence-electron chi connectivity index (χ4n) is 3.58. The Morgan fingerprint density at radius 3 is 2.77 bits per heavy atom. The summed E-state index contributed by atoms with van der Waals surface area (Å²) in [6.45, 7) is 2.16. The maximum atomic E-state index is 12.6. The van der Waals surface area contributed by atoms with Gasteiger partial charge in [0.2, 0.25) is 0 Å². The minimum atomic E-state index is -0.605. The van der Waals surface area contributed by atoms with E-state index in [0.717, 1.165) is 5.56 Å². The first kappa shape index (κ1) is 13.5. The molecule has 1 aromatic rings. The van der Waals surface area contributed by atoms with Crippen LogP contribution in [0.3, 0.4) is 0 Å². The van der Waals surface area contributed by atoms with Crippen molar-refractivity contribution in [2.75, 3.05) is 6.61 Å². The molecular weight excluding hydrogens is 282 g/mol. The highest BCUT2D eigenvalue weighted by molar-refractivity contribution is 5.91. The quantitative estimate of drug-likeness (QED) is 0.786. The van der Waals surface area contributed by atoms with Crippen molar-refractivity contribution in [1.82, 2.24) is 4.90 Å². The lowest BCUT2D eigenvalue weighted by Crippen LogP contribution is -2.55. The Morgan fingerprint density at radius 2 is 2.00 bits per heavy atom. The van der Waals surface area contributed by atoms with Gasteiger partial charge in [-0.25, -0.2) is 4.79 Å². The predicted octanol–water partition coefficient (Wildman–Crippen LogP) is 2.24. The lowest BCUT2D eigenvalue weighted by Gasteiger charge is -2.39. The van der Waals surface area contributed by atoms with Gasteiger partial charge in [0, 0.05) is 6.42 Å². The highest BCUT2D eigenvalue weighted by atomic mass is 16.6. The summed E-state index contributed by atoms with van der Waals surface area (Å²) in [6, 6.07) is 8.80. The lowest BCUT2D eigenvalue weighted by molar-refractivity contribution is -0.147. The maximum absolute atomic E-state index is 12.6. The van der Waals surface area contributed by atoms with Gasteiger partial charge in [0.05, 0.1) is 11.6 Å². The van der Waals surface area contributed by atoms with Crippen molar-refractivity contribution in [3.63, 3.8) is 0 Å². The first-order valence-corrected chi connectivity index (χ1v) is 7.47. The fourth-order valence-corrected chi connectivity index (χ4v) is 3.58. The van der Waals surface area contributed by atoms with Crippen LogP contribution in [0.4, 0.5) is 4.79 Å². The molecule has 114 valence electrons. The molecule has 2 fully saturated rings. The fraction of sp³-hybridized carbons (Fsp3) is 0.412. The topological polar surface area (TPSA) is 55.8 Å². The minimum Gasteiger partial charge on any atom is -0.447 e. The third-order valence-electron chi connectivity index (χ3n) is 4.61. The molecule has 3 heterocycles. The zero-order chi connectivity index (χ0) is 15.3. The second-order valence-corrected chi connectivity index (χ2v) is 6.25. The summed E-state index contributed by atoms with van der Waals surface area (Å²) in [4.78, 5) is 26.4. The number of nitrogens with zero attached hydrogens (tertiary/aromatic N) is 1. The van der Waals surface area contributed by atoms with E-state index in [-0.39, 0.29) is 31.0 Å². The van der Waals surface area contributed by atoms with E-state index in [0.29, 0.717) is 0 Å². The molecule has 1 unspecified atom stereocenters. The molecule has 3 aliphatic rings. The summed E-state index contributed by atoms with van der Waals surface area (Å²) >= 11 is 0. The highest BCUT2D eigenvalue weighted by Crippen LogP contribution is 2.40. The smallest absolute Gasteiger partial charge is 0.411 e. The third-order valence-corrected chi connectivity index (χ3v) is 4.61. The molecule has 5 heteroatoms. The van der Waals surface area contributed by atoms with Gasteiger partial charge in [-0.1, -0.05) is 42.5 Å². The van der Waals surface area contributed by atoms with Crippen LogP contribution in [-0.2, 0) is 14.3 Å². The van der Waals surface area contributed by atoms with Gasteiger partial charge in [-0.3, -0.25) is 9.69 Å². The molecule has 0 aromatic heterocycles. The van der Waals surface area contributed by atoms with Gasteiger partial charge < -0.3 is 9.47 Å². The zero-order valence-corrected chi connectivity index (χ0v) is 12.3. The number of hydrogen-bond acceptors (Lipinski definition) is 4. The van der Waals surface area contributed by atoms with E-state index in [4.69, 9.17) is 9.47 Å². The summed E-state index contributed by atoms with van der Waals surface area (Å²) < 4.78 is 11.2. The third kappa shape index (κ3) is 1.96. The SMILES string of the molecule is C[C@]12C=C[C@H](O1)C(N1C(=O)OC[C@H]1c1ccccc1)C(=O)C2. The van der Waals surface area contributed by atoms with Crippen LogP contribution in [0.1, 0.15) is 24.9 Å². The Kier molecular flexibility index (Phi) is 2.87. The number of ketones is 1. The van der Waals surface area contributed by atoms with Gasteiger partial charge in [-0.05, 0) is 12.5 Å². The van der Waals surface area contributed by atoms with E-state index in [1.54, 1.807) is 4.90 Å². The Bertz CT molecular complexity index is 656. The van der Waals surface area contributed by atoms with Crippen molar-refractivity contribution < 1.29 is 19.1 Å². The van der Waals surface area contributed by atoms with Crippen LogP contribution in [0.5, 0.6) is 0 Å². The van der Waals surface area contributed by atoms with Gasteiger partial charge in [0.1, 0.15) is 18.8 Å². The molecule has 3 aliphatic heterocycles. The normalized spacial score (nSPS) is 36.8. The largest absolute Gasteiger partial charge is 0.447 e. The molecule has 0 aliphatic carbocycles. The average molecular weight is 299 g/mol. The van der Waals surface area contributed by atoms with E-state index in [1.165, 1.54) is 0 Å². The van der Waals surface area contributed by atoms with Crippen LogP contribution in [0, 0.1) is 0 Å². The summed E-state index contributed by atoms with van der Waals surface area (Å²) in [5.41, 5.74) is 0.445. The van der Waals surface area contributed by atoms with Crippen LogP contribution in [0.25, 0.3) is 0 Å². The minimum absolute atomic E-state index is 0.0310. The van der Waals surface area contributed by atoms with Crippen molar-refractivity contribution in [1.29, 1.82) is 0 Å². The molecule has 0 radical (unpaired) electrons. The zero-order valence-electron chi connectivity index (χ0n) is 12.3. The Hall–Kier alpha value is -2.14. The van der Waals surface area contributed by atoms with Gasteiger partial charge >= 0.3 is 6.09 Å². The van der Waals surface area contributed by atoms with Gasteiger partial charge in [0.25, 0.3) is 0 Å². The molecule has 4 atom stereocenters. The van der Waals surface area contributed by atoms with Gasteiger partial charge in [-0.15, -0.1) is 0 Å². The van der Waals surface area contributed by atoms with Crippen LogP contribution < -0.4 is 0 Å².